The molecule has 38 heavy (non-hydrogen) atoms. The topological polar surface area (TPSA) is 67.9 Å². The summed E-state index contributed by atoms with van der Waals surface area (Å²) in [5, 5.41) is 3.52. The summed E-state index contributed by atoms with van der Waals surface area (Å²) in [5.74, 6) is 0.319. The molecule has 3 aromatic rings. The number of rotatable bonds is 9. The number of nitrogens with one attached hydrogen (secondary N) is 1. The van der Waals surface area contributed by atoms with Gasteiger partial charge in [0.1, 0.15) is 4.32 Å². The number of anilines is 1. The van der Waals surface area contributed by atoms with Crippen LogP contribution in [-0.2, 0) is 9.59 Å². The minimum absolute atomic E-state index is 0.146. The largest absolute Gasteiger partial charge is 0.490 e. The second kappa shape index (κ2) is 12.7. The maximum Gasteiger partial charge on any atom is 0.266 e. The lowest BCUT2D eigenvalue weighted by atomic mass is 10.1. The van der Waals surface area contributed by atoms with E-state index >= 15 is 0 Å². The Hall–Kier alpha value is -3.04. The van der Waals surface area contributed by atoms with Crippen molar-refractivity contribution in [3.63, 3.8) is 0 Å². The molecule has 4 rings (SSSR count). The van der Waals surface area contributed by atoms with Gasteiger partial charge in [-0.3, -0.25) is 14.5 Å². The molecule has 0 aromatic heterocycles. The molecular formula is C28H24Cl2N2O4S2. The lowest BCUT2D eigenvalue weighted by Crippen LogP contribution is -2.30. The highest BCUT2D eigenvalue weighted by Gasteiger charge is 2.35. The molecule has 196 valence electrons. The van der Waals surface area contributed by atoms with Gasteiger partial charge in [-0.2, -0.15) is 0 Å². The second-order valence-corrected chi connectivity index (χ2v) is 10.8. The molecule has 0 spiro atoms. The minimum atomic E-state index is -0.383. The summed E-state index contributed by atoms with van der Waals surface area (Å²) in [5.41, 5.74) is 2.22. The Morgan fingerprint density at radius 2 is 1.76 bits per heavy atom. The van der Waals surface area contributed by atoms with Crippen molar-refractivity contribution in [3.8, 4) is 11.5 Å². The van der Waals surface area contributed by atoms with E-state index in [1.54, 1.807) is 47.4 Å². The van der Waals surface area contributed by atoms with Gasteiger partial charge in [0.15, 0.2) is 18.1 Å². The smallest absolute Gasteiger partial charge is 0.266 e. The van der Waals surface area contributed by atoms with Crippen LogP contribution in [0.5, 0.6) is 11.5 Å². The van der Waals surface area contributed by atoms with Crippen LogP contribution < -0.4 is 14.8 Å². The van der Waals surface area contributed by atoms with Crippen molar-refractivity contribution in [1.29, 1.82) is 0 Å². The van der Waals surface area contributed by atoms with Gasteiger partial charge in [-0.25, -0.2) is 0 Å². The zero-order chi connectivity index (χ0) is 27.2. The summed E-state index contributed by atoms with van der Waals surface area (Å²) in [6.07, 6.45) is 1.78. The van der Waals surface area contributed by atoms with Crippen molar-refractivity contribution in [2.24, 2.45) is 0 Å². The van der Waals surface area contributed by atoms with E-state index in [-0.39, 0.29) is 24.5 Å². The Morgan fingerprint density at radius 3 is 2.45 bits per heavy atom. The predicted molar refractivity (Wildman–Crippen MR) is 158 cm³/mol. The molecule has 0 saturated carbocycles. The first-order valence-electron chi connectivity index (χ1n) is 11.7. The molecule has 1 fully saturated rings. The molecule has 10 heteroatoms. The van der Waals surface area contributed by atoms with Gasteiger partial charge in [0.25, 0.3) is 11.8 Å². The SMILES string of the molecule is CCOc1cc(/C=C2\SC(=S)N([C@H](C)c3ccccc3)C2=O)ccc1OCC(=O)Nc1cc(Cl)cc(Cl)c1. The van der Waals surface area contributed by atoms with Gasteiger partial charge in [0.05, 0.1) is 17.6 Å². The Balaban J connectivity index is 1.46. The van der Waals surface area contributed by atoms with Crippen molar-refractivity contribution in [2.45, 2.75) is 19.9 Å². The lowest BCUT2D eigenvalue weighted by Gasteiger charge is -2.23. The molecule has 0 unspecified atom stereocenters. The molecule has 1 saturated heterocycles. The molecule has 1 N–H and O–H groups in total. The van der Waals surface area contributed by atoms with Crippen molar-refractivity contribution in [3.05, 3.63) is 92.8 Å². The van der Waals surface area contributed by atoms with E-state index in [2.05, 4.69) is 5.32 Å². The van der Waals surface area contributed by atoms with Gasteiger partial charge in [-0.1, -0.05) is 83.6 Å². The molecule has 0 aliphatic carbocycles. The molecule has 2 amide bonds. The first-order chi connectivity index (χ1) is 18.2. The number of hydrogen-bond donors (Lipinski definition) is 1. The predicted octanol–water partition coefficient (Wildman–Crippen LogP) is 7.37. The third-order valence-electron chi connectivity index (χ3n) is 5.56. The van der Waals surface area contributed by atoms with Crippen LogP contribution in [0.1, 0.15) is 31.0 Å². The molecule has 6 nitrogen and oxygen atoms in total. The average Bonchev–Trinajstić information content (AvgIpc) is 3.15. The Kier molecular flexibility index (Phi) is 9.33. The van der Waals surface area contributed by atoms with Gasteiger partial charge in [-0.05, 0) is 61.4 Å². The summed E-state index contributed by atoms with van der Waals surface area (Å²) in [7, 11) is 0. The van der Waals surface area contributed by atoms with Crippen LogP contribution in [0.15, 0.2) is 71.6 Å². The van der Waals surface area contributed by atoms with Gasteiger partial charge in [0.2, 0.25) is 0 Å². The Bertz CT molecular complexity index is 1380. The summed E-state index contributed by atoms with van der Waals surface area (Å²) in [6, 6.07) is 19.6. The van der Waals surface area contributed by atoms with Gasteiger partial charge in [-0.15, -0.1) is 0 Å². The summed E-state index contributed by atoms with van der Waals surface area (Å²) >= 11 is 18.8. The van der Waals surface area contributed by atoms with Crippen LogP contribution >= 0.6 is 47.2 Å². The van der Waals surface area contributed by atoms with Crippen molar-refractivity contribution >= 4 is 75.1 Å². The maximum absolute atomic E-state index is 13.2. The van der Waals surface area contributed by atoms with E-state index in [0.717, 1.165) is 11.1 Å². The van der Waals surface area contributed by atoms with Crippen molar-refractivity contribution in [1.82, 2.24) is 4.90 Å². The van der Waals surface area contributed by atoms with Gasteiger partial charge in [0, 0.05) is 15.7 Å². The second-order valence-electron chi connectivity index (χ2n) is 8.27. The van der Waals surface area contributed by atoms with E-state index in [4.69, 9.17) is 44.9 Å². The van der Waals surface area contributed by atoms with Gasteiger partial charge >= 0.3 is 0 Å². The zero-order valence-corrected chi connectivity index (χ0v) is 23.7. The molecule has 0 radical (unpaired) electrons. The fraction of sp³-hybridized carbons (Fsp3) is 0.179. The number of thioether (sulfide) groups is 1. The normalized spacial score (nSPS) is 15.1. The maximum atomic E-state index is 13.2. The van der Waals surface area contributed by atoms with E-state index in [1.165, 1.54) is 11.8 Å². The highest BCUT2D eigenvalue weighted by atomic mass is 35.5. The number of benzene rings is 3. The summed E-state index contributed by atoms with van der Waals surface area (Å²) in [4.78, 5) is 27.8. The Morgan fingerprint density at radius 1 is 1.05 bits per heavy atom. The standard InChI is InChI=1S/C28H24Cl2N2O4S2/c1-3-35-24-11-18(9-10-23(24)36-16-26(33)31-22-14-20(29)13-21(30)15-22)12-25-27(34)32(28(37)38-25)17(2)19-7-5-4-6-8-19/h4-15,17H,3,16H2,1-2H3,(H,31,33)/b25-12-/t17-/m1/s1. The fourth-order valence-electron chi connectivity index (χ4n) is 3.81. The van der Waals surface area contributed by atoms with E-state index in [9.17, 15) is 9.59 Å². The molecule has 1 aliphatic heterocycles. The molecule has 1 atom stereocenters. The quantitative estimate of drug-likeness (QED) is 0.208. The van der Waals surface area contributed by atoms with Crippen molar-refractivity contribution < 1.29 is 19.1 Å². The number of nitrogens with zero attached hydrogens (tertiary/aromatic N) is 1. The summed E-state index contributed by atoms with van der Waals surface area (Å²) < 4.78 is 12.0. The Labute approximate surface area is 240 Å². The molecular weight excluding hydrogens is 563 g/mol. The molecule has 0 bridgehead atoms. The average molecular weight is 588 g/mol. The number of ether oxygens (including phenoxy) is 2. The number of carbonyl (C=O) groups excluding carboxylic acids is 2. The first kappa shape index (κ1) is 28.0. The third kappa shape index (κ3) is 6.88. The lowest BCUT2D eigenvalue weighted by molar-refractivity contribution is -0.123. The van der Waals surface area contributed by atoms with E-state index in [1.807, 2.05) is 44.2 Å². The van der Waals surface area contributed by atoms with Crippen LogP contribution in [0.2, 0.25) is 10.0 Å². The number of carbonyl (C=O) groups is 2. The summed E-state index contributed by atoms with van der Waals surface area (Å²) in [6.45, 7) is 3.95. The number of amides is 2. The van der Waals surface area contributed by atoms with E-state index in [0.29, 0.717) is 43.1 Å². The number of thiocarbonyl (C=S) groups is 1. The molecule has 3 aromatic carbocycles. The molecule has 1 heterocycles. The molecule has 1 aliphatic rings. The third-order valence-corrected chi connectivity index (χ3v) is 7.33. The first-order valence-corrected chi connectivity index (χ1v) is 13.7. The van der Waals surface area contributed by atoms with Crippen molar-refractivity contribution in [2.75, 3.05) is 18.5 Å². The number of hydrogen-bond acceptors (Lipinski definition) is 6. The van der Waals surface area contributed by atoms with Crippen LogP contribution in [0.3, 0.4) is 0 Å². The monoisotopic (exact) mass is 586 g/mol. The van der Waals surface area contributed by atoms with Crippen LogP contribution in [0.25, 0.3) is 6.08 Å². The highest BCUT2D eigenvalue weighted by Crippen LogP contribution is 2.39. The van der Waals surface area contributed by atoms with Crippen LogP contribution in [0, 0.1) is 0 Å². The fourth-order valence-corrected chi connectivity index (χ4v) is 5.76. The van der Waals surface area contributed by atoms with Crippen LogP contribution in [-0.4, -0.2) is 34.2 Å². The number of halogens is 2. The van der Waals surface area contributed by atoms with Gasteiger partial charge < -0.3 is 14.8 Å². The van der Waals surface area contributed by atoms with E-state index < -0.39 is 0 Å². The minimum Gasteiger partial charge on any atom is -0.490 e. The zero-order valence-electron chi connectivity index (χ0n) is 20.6. The highest BCUT2D eigenvalue weighted by molar-refractivity contribution is 8.26. The van der Waals surface area contributed by atoms with Crippen LogP contribution in [0.4, 0.5) is 5.69 Å².